The van der Waals surface area contributed by atoms with Crippen LogP contribution in [-0.4, -0.2) is 25.2 Å². The Morgan fingerprint density at radius 2 is 1.86 bits per heavy atom. The van der Waals surface area contributed by atoms with Gasteiger partial charge in [0, 0.05) is 31.8 Å². The Morgan fingerprint density at radius 1 is 1.17 bits per heavy atom. The predicted molar refractivity (Wildman–Crippen MR) is 104 cm³/mol. The maximum atomic E-state index is 11.3. The Labute approximate surface area is 170 Å². The number of hydrogen-bond donors (Lipinski definition) is 0. The lowest BCUT2D eigenvalue weighted by Gasteiger charge is -2.36. The summed E-state index contributed by atoms with van der Waals surface area (Å²) >= 11 is 0. The first-order chi connectivity index (χ1) is 13.9. The quantitative estimate of drug-likeness (QED) is 0.299. The Kier molecular flexibility index (Phi) is 7.21. The molecule has 0 heterocycles. The molecule has 0 fully saturated rings. The number of fused-ring (bicyclic) bond motifs is 2. The molecule has 6 heteroatoms. The van der Waals surface area contributed by atoms with Crippen LogP contribution in [0.4, 0.5) is 0 Å². The van der Waals surface area contributed by atoms with Crippen LogP contribution in [0.5, 0.6) is 0 Å². The number of carbonyl (C=O) groups is 2. The van der Waals surface area contributed by atoms with Gasteiger partial charge in [-0.1, -0.05) is 36.6 Å². The average molecular weight is 390 g/mol. The van der Waals surface area contributed by atoms with Gasteiger partial charge in [-0.25, -0.2) is 0 Å². The van der Waals surface area contributed by atoms with Gasteiger partial charge in [-0.3, -0.25) is 9.59 Å². The van der Waals surface area contributed by atoms with E-state index in [2.05, 4.69) is 48.4 Å². The van der Waals surface area contributed by atoms with Crippen LogP contribution in [-0.2, 0) is 19.1 Å². The van der Waals surface area contributed by atoms with Crippen LogP contribution in [0, 0.1) is 57.7 Å². The Balaban J connectivity index is 2.38. The minimum atomic E-state index is -1.48. The van der Waals surface area contributed by atoms with E-state index in [0.717, 1.165) is 6.42 Å². The fourth-order valence-corrected chi connectivity index (χ4v) is 3.70. The number of carbonyl (C=O) groups excluding carboxylic acids is 2. The molecular formula is C23H22N2O4. The van der Waals surface area contributed by atoms with E-state index in [0.29, 0.717) is 11.1 Å². The summed E-state index contributed by atoms with van der Waals surface area (Å²) in [5, 5.41) is 19.9. The number of ether oxygens (including phenoxy) is 2. The molecule has 0 N–H and O–H groups in total. The normalized spacial score (nSPS) is 21.4. The van der Waals surface area contributed by atoms with Crippen molar-refractivity contribution in [1.82, 2.24) is 0 Å². The first-order valence-corrected chi connectivity index (χ1v) is 9.21. The molecule has 3 atom stereocenters. The topological polar surface area (TPSA) is 100 Å². The highest BCUT2D eigenvalue weighted by atomic mass is 16.5. The SMILES string of the molecule is C=C=C(COC(C)=O)C1C(C(C#N)(C#N)CC#CCOC(C)=O)=CC2C=CC1C2. The van der Waals surface area contributed by atoms with Gasteiger partial charge in [0.1, 0.15) is 6.61 Å². The van der Waals surface area contributed by atoms with E-state index >= 15 is 0 Å². The minimum Gasteiger partial charge on any atom is -0.461 e. The summed E-state index contributed by atoms with van der Waals surface area (Å²) < 4.78 is 9.92. The largest absolute Gasteiger partial charge is 0.461 e. The minimum absolute atomic E-state index is 0.000907. The van der Waals surface area contributed by atoms with Crippen LogP contribution < -0.4 is 0 Å². The Morgan fingerprint density at radius 3 is 2.45 bits per heavy atom. The molecule has 0 saturated heterocycles. The van der Waals surface area contributed by atoms with Crippen LogP contribution in [0.2, 0.25) is 0 Å². The van der Waals surface area contributed by atoms with Crippen LogP contribution >= 0.6 is 0 Å². The van der Waals surface area contributed by atoms with Gasteiger partial charge >= 0.3 is 11.9 Å². The molecule has 0 aromatic rings. The summed E-state index contributed by atoms with van der Waals surface area (Å²) in [5.74, 6) is 4.47. The molecule has 2 bridgehead atoms. The predicted octanol–water partition coefficient (Wildman–Crippen LogP) is 3.00. The third-order valence-corrected chi connectivity index (χ3v) is 5.04. The van der Waals surface area contributed by atoms with Crippen LogP contribution in [0.25, 0.3) is 0 Å². The molecule has 0 amide bonds. The summed E-state index contributed by atoms with van der Waals surface area (Å²) in [6, 6.07) is 4.28. The number of allylic oxidation sites excluding steroid dienone is 4. The number of nitriles is 2. The molecule has 2 rings (SSSR count). The number of hydrogen-bond acceptors (Lipinski definition) is 6. The van der Waals surface area contributed by atoms with Crippen molar-refractivity contribution in [3.63, 3.8) is 0 Å². The van der Waals surface area contributed by atoms with Crippen molar-refractivity contribution in [2.24, 2.45) is 23.2 Å². The summed E-state index contributed by atoms with van der Waals surface area (Å²) in [4.78, 5) is 22.1. The zero-order chi connectivity index (χ0) is 21.4. The lowest BCUT2D eigenvalue weighted by Crippen LogP contribution is -2.33. The number of rotatable bonds is 6. The third kappa shape index (κ3) is 5.05. The second kappa shape index (κ2) is 9.61. The smallest absolute Gasteiger partial charge is 0.303 e. The molecule has 0 aromatic heterocycles. The van der Waals surface area contributed by atoms with Gasteiger partial charge in [0.2, 0.25) is 0 Å². The fraction of sp³-hybridized carbons (Fsp3) is 0.435. The van der Waals surface area contributed by atoms with E-state index in [1.807, 2.05) is 6.08 Å². The molecule has 0 aliphatic heterocycles. The lowest BCUT2D eigenvalue weighted by atomic mass is 9.64. The summed E-state index contributed by atoms with van der Waals surface area (Å²) in [6.07, 6.45) is 6.89. The highest BCUT2D eigenvalue weighted by Crippen LogP contribution is 2.50. The molecule has 148 valence electrons. The van der Waals surface area contributed by atoms with Gasteiger partial charge in [0.15, 0.2) is 12.0 Å². The second-order valence-electron chi connectivity index (χ2n) is 6.97. The van der Waals surface area contributed by atoms with Crippen LogP contribution in [0.15, 0.2) is 41.7 Å². The highest BCUT2D eigenvalue weighted by molar-refractivity contribution is 5.66. The fourth-order valence-electron chi connectivity index (χ4n) is 3.70. The molecular weight excluding hydrogens is 368 g/mol. The zero-order valence-corrected chi connectivity index (χ0v) is 16.5. The van der Waals surface area contributed by atoms with Crippen LogP contribution in [0.3, 0.4) is 0 Å². The van der Waals surface area contributed by atoms with Crippen molar-refractivity contribution in [3.8, 4) is 24.0 Å². The zero-order valence-electron chi connectivity index (χ0n) is 16.5. The molecule has 0 aromatic carbocycles. The maximum Gasteiger partial charge on any atom is 0.303 e. The van der Waals surface area contributed by atoms with Gasteiger partial charge in [-0.2, -0.15) is 10.5 Å². The van der Waals surface area contributed by atoms with Crippen molar-refractivity contribution < 1.29 is 19.1 Å². The lowest BCUT2D eigenvalue weighted by molar-refractivity contribution is -0.140. The monoisotopic (exact) mass is 390 g/mol. The third-order valence-electron chi connectivity index (χ3n) is 5.04. The van der Waals surface area contributed by atoms with Crippen molar-refractivity contribution in [2.45, 2.75) is 26.7 Å². The molecule has 0 spiro atoms. The summed E-state index contributed by atoms with van der Waals surface area (Å²) in [6.45, 7) is 6.22. The van der Waals surface area contributed by atoms with Crippen molar-refractivity contribution in [2.75, 3.05) is 13.2 Å². The van der Waals surface area contributed by atoms with E-state index in [1.165, 1.54) is 13.8 Å². The first-order valence-electron chi connectivity index (χ1n) is 9.21. The van der Waals surface area contributed by atoms with Gasteiger partial charge in [-0.15, -0.1) is 5.73 Å². The van der Waals surface area contributed by atoms with E-state index < -0.39 is 17.4 Å². The van der Waals surface area contributed by atoms with E-state index in [4.69, 9.17) is 9.47 Å². The molecule has 6 nitrogen and oxygen atoms in total. The molecule has 0 radical (unpaired) electrons. The molecule has 3 unspecified atom stereocenters. The molecule has 2 aliphatic carbocycles. The van der Waals surface area contributed by atoms with Gasteiger partial charge < -0.3 is 9.47 Å². The molecule has 0 saturated carbocycles. The van der Waals surface area contributed by atoms with Gasteiger partial charge in [-0.05, 0) is 23.8 Å². The summed E-state index contributed by atoms with van der Waals surface area (Å²) in [7, 11) is 0. The standard InChI is InChI=1S/C23H22N2O4/c1-4-19(13-29-17(3)27)22-20-8-7-18(11-20)12-21(22)23(14-24,15-25)9-5-6-10-28-16(2)26/h7-8,12,18,20,22H,1,9-11,13H2,2-3H3. The highest BCUT2D eigenvalue weighted by Gasteiger charge is 2.46. The first kappa shape index (κ1) is 21.8. The molecule has 2 aliphatic rings. The van der Waals surface area contributed by atoms with E-state index in [-0.39, 0.29) is 37.4 Å². The average Bonchev–Trinajstić information content (AvgIpc) is 3.07. The van der Waals surface area contributed by atoms with Crippen molar-refractivity contribution >= 4 is 11.9 Å². The van der Waals surface area contributed by atoms with Crippen molar-refractivity contribution in [1.29, 1.82) is 10.5 Å². The number of esters is 2. The van der Waals surface area contributed by atoms with Crippen LogP contribution in [0.1, 0.15) is 26.7 Å². The number of nitrogens with zero attached hydrogens (tertiary/aromatic N) is 2. The van der Waals surface area contributed by atoms with Gasteiger partial charge in [0.05, 0.1) is 12.1 Å². The molecule has 29 heavy (non-hydrogen) atoms. The maximum absolute atomic E-state index is 11.3. The summed E-state index contributed by atoms with van der Waals surface area (Å²) in [5.41, 5.74) is 2.64. The van der Waals surface area contributed by atoms with E-state index in [9.17, 15) is 20.1 Å². The van der Waals surface area contributed by atoms with E-state index in [1.54, 1.807) is 0 Å². The van der Waals surface area contributed by atoms with Crippen molar-refractivity contribution in [3.05, 3.63) is 41.7 Å². The second-order valence-corrected chi connectivity index (χ2v) is 6.97. The van der Waals surface area contributed by atoms with Gasteiger partial charge in [0.25, 0.3) is 0 Å². The Bertz CT molecular complexity index is 928. The Hall–Kier alpha value is -3.52.